The molecule has 8 nitrogen and oxygen atoms in total. The molecule has 6 unspecified atom stereocenters. The number of rotatable bonds is 3. The Hall–Kier alpha value is -1.33. The van der Waals surface area contributed by atoms with Crippen LogP contribution < -0.4 is 0 Å². The van der Waals surface area contributed by atoms with E-state index in [1.165, 1.54) is 0 Å². The number of carbonyl (C=O) groups is 2. The van der Waals surface area contributed by atoms with Gasteiger partial charge >= 0.3 is 27.3 Å². The van der Waals surface area contributed by atoms with Crippen molar-refractivity contribution in [2.24, 2.45) is 17.8 Å². The Morgan fingerprint density at radius 2 is 2.00 bits per heavy atom. The summed E-state index contributed by atoms with van der Waals surface area (Å²) < 4.78 is 64.9. The van der Waals surface area contributed by atoms with Crippen LogP contribution in [0.5, 0.6) is 0 Å². The molecule has 3 aliphatic rings. The molecule has 1 heterocycles. The summed E-state index contributed by atoms with van der Waals surface area (Å²) in [5.41, 5.74) is 0. The molecule has 1 aliphatic heterocycles. The van der Waals surface area contributed by atoms with E-state index in [0.717, 1.165) is 0 Å². The van der Waals surface area contributed by atoms with Crippen molar-refractivity contribution in [3.63, 3.8) is 0 Å². The largest absolute Gasteiger partial charge is 0.465 e. The fourth-order valence-corrected chi connectivity index (χ4v) is 3.67. The van der Waals surface area contributed by atoms with E-state index in [9.17, 15) is 31.9 Å². The van der Waals surface area contributed by atoms with Gasteiger partial charge in [0.1, 0.15) is 12.2 Å². The molecule has 0 radical (unpaired) electrons. The predicted octanol–water partition coefficient (Wildman–Crippen LogP) is -1.07. The highest BCUT2D eigenvalue weighted by molar-refractivity contribution is 7.87. The first-order valence-electron chi connectivity index (χ1n) is 6.00. The molecule has 0 aromatic carbocycles. The van der Waals surface area contributed by atoms with Gasteiger partial charge in [0.05, 0.1) is 12.0 Å². The van der Waals surface area contributed by atoms with Crippen molar-refractivity contribution in [2.75, 3.05) is 0 Å². The summed E-state index contributed by atoms with van der Waals surface area (Å²) in [6.07, 6.45) is -3.28. The van der Waals surface area contributed by atoms with Crippen LogP contribution in [-0.4, -0.2) is 53.6 Å². The second-order valence-corrected chi connectivity index (χ2v) is 6.81. The zero-order valence-corrected chi connectivity index (χ0v) is 11.0. The van der Waals surface area contributed by atoms with E-state index in [2.05, 4.69) is 4.74 Å². The molecular weight excluding hydrogens is 318 g/mol. The fraction of sp³-hybridized carbons (Fsp3) is 0.800. The quantitative estimate of drug-likeness (QED) is 0.495. The Morgan fingerprint density at radius 1 is 1.38 bits per heavy atom. The van der Waals surface area contributed by atoms with E-state index >= 15 is 0 Å². The molecule has 2 saturated carbocycles. The van der Waals surface area contributed by atoms with Crippen LogP contribution in [-0.2, 0) is 29.2 Å². The van der Waals surface area contributed by atoms with E-state index in [0.29, 0.717) is 0 Å². The third-order valence-corrected chi connectivity index (χ3v) is 5.12. The molecule has 3 rings (SSSR count). The number of esters is 2. The number of fused-ring (bicyclic) bond motifs is 1. The zero-order valence-electron chi connectivity index (χ0n) is 10.2. The maximum atomic E-state index is 13.2. The highest BCUT2D eigenvalue weighted by Gasteiger charge is 2.69. The lowest BCUT2D eigenvalue weighted by atomic mass is 9.85. The van der Waals surface area contributed by atoms with Crippen LogP contribution >= 0.6 is 0 Å². The highest BCUT2D eigenvalue weighted by atomic mass is 32.2. The Morgan fingerprint density at radius 3 is 2.57 bits per heavy atom. The van der Waals surface area contributed by atoms with Gasteiger partial charge in [-0.3, -0.25) is 9.35 Å². The van der Waals surface area contributed by atoms with Crippen molar-refractivity contribution in [1.82, 2.24) is 0 Å². The molecule has 3 fully saturated rings. The Balaban J connectivity index is 1.81. The second kappa shape index (κ2) is 4.11. The summed E-state index contributed by atoms with van der Waals surface area (Å²) in [6.45, 7) is 0. The first-order valence-corrected chi connectivity index (χ1v) is 7.44. The van der Waals surface area contributed by atoms with Gasteiger partial charge in [0.15, 0.2) is 0 Å². The van der Waals surface area contributed by atoms with Gasteiger partial charge < -0.3 is 14.6 Å². The molecular formula is C10H10F2O8S. The molecule has 11 heteroatoms. The molecule has 2 N–H and O–H groups in total. The van der Waals surface area contributed by atoms with Crippen LogP contribution in [0.3, 0.4) is 0 Å². The maximum absolute atomic E-state index is 13.2. The van der Waals surface area contributed by atoms with Crippen molar-refractivity contribution in [3.05, 3.63) is 0 Å². The molecule has 2 bridgehead atoms. The summed E-state index contributed by atoms with van der Waals surface area (Å²) in [5.74, 6) is -5.15. The molecule has 2 aliphatic carbocycles. The summed E-state index contributed by atoms with van der Waals surface area (Å²) in [7, 11) is -5.97. The predicted molar refractivity (Wildman–Crippen MR) is 57.3 cm³/mol. The number of ether oxygens (including phenoxy) is 2. The van der Waals surface area contributed by atoms with E-state index in [1.807, 2.05) is 0 Å². The number of halogens is 2. The first kappa shape index (κ1) is 14.6. The van der Waals surface area contributed by atoms with Gasteiger partial charge in [-0.1, -0.05) is 0 Å². The number of carbonyl (C=O) groups excluding carboxylic acids is 2. The Labute approximate surface area is 116 Å². The molecule has 21 heavy (non-hydrogen) atoms. The minimum atomic E-state index is -5.97. The van der Waals surface area contributed by atoms with E-state index < -0.39 is 63.4 Å². The van der Waals surface area contributed by atoms with Gasteiger partial charge in [0.25, 0.3) is 0 Å². The molecule has 1 saturated heterocycles. The number of aliphatic hydroxyl groups excluding tert-OH is 1. The highest BCUT2D eigenvalue weighted by Crippen LogP contribution is 2.55. The van der Waals surface area contributed by atoms with Gasteiger partial charge in [-0.05, 0) is 6.42 Å². The van der Waals surface area contributed by atoms with Gasteiger partial charge in [0.2, 0.25) is 0 Å². The van der Waals surface area contributed by atoms with E-state index in [-0.39, 0.29) is 6.42 Å². The lowest BCUT2D eigenvalue weighted by molar-refractivity contribution is -0.178. The third kappa shape index (κ3) is 1.80. The summed E-state index contributed by atoms with van der Waals surface area (Å²) in [6, 6.07) is 0. The lowest BCUT2D eigenvalue weighted by Gasteiger charge is -2.29. The Bertz CT molecular complexity index is 617. The molecule has 0 aromatic rings. The van der Waals surface area contributed by atoms with Crippen LogP contribution in [0.4, 0.5) is 8.78 Å². The lowest BCUT2D eigenvalue weighted by Crippen LogP contribution is -2.47. The van der Waals surface area contributed by atoms with Crippen LogP contribution in [0.15, 0.2) is 0 Å². The average molecular weight is 328 g/mol. The standard InChI is InChI=1S/C10H10F2O8S/c11-10(12,21(16,17)18)9(15)20-7-3-1-2-4(5(3)13)8(14)19-6(2)7/h2-7,13H,1H2,(H,16,17,18). The first-order chi connectivity index (χ1) is 9.55. The normalized spacial score (nSPS) is 41.2. The molecule has 0 spiro atoms. The number of aliphatic hydroxyl groups is 1. The Kier molecular flexibility index (Phi) is 2.86. The van der Waals surface area contributed by atoms with Gasteiger partial charge in [-0.2, -0.15) is 17.2 Å². The van der Waals surface area contributed by atoms with Crippen molar-refractivity contribution in [3.8, 4) is 0 Å². The number of hydrogen-bond donors (Lipinski definition) is 2. The van der Waals surface area contributed by atoms with Crippen LogP contribution in [0, 0.1) is 17.8 Å². The summed E-state index contributed by atoms with van der Waals surface area (Å²) in [4.78, 5) is 22.8. The van der Waals surface area contributed by atoms with Gasteiger partial charge in [-0.25, -0.2) is 4.79 Å². The average Bonchev–Trinajstić information content (AvgIpc) is 2.92. The van der Waals surface area contributed by atoms with Gasteiger partial charge in [0, 0.05) is 11.8 Å². The molecule has 118 valence electrons. The number of hydrogen-bond acceptors (Lipinski definition) is 7. The van der Waals surface area contributed by atoms with Gasteiger partial charge in [-0.15, -0.1) is 0 Å². The van der Waals surface area contributed by atoms with Crippen molar-refractivity contribution >= 4 is 22.1 Å². The molecule has 0 amide bonds. The second-order valence-electron chi connectivity index (χ2n) is 5.34. The van der Waals surface area contributed by atoms with Crippen LogP contribution in [0.1, 0.15) is 6.42 Å². The molecule has 6 atom stereocenters. The fourth-order valence-electron chi connectivity index (χ4n) is 3.41. The monoisotopic (exact) mass is 328 g/mol. The minimum Gasteiger partial charge on any atom is -0.458 e. The van der Waals surface area contributed by atoms with Crippen molar-refractivity contribution < 1.29 is 45.9 Å². The minimum absolute atomic E-state index is 0.248. The van der Waals surface area contributed by atoms with E-state index in [1.54, 1.807) is 0 Å². The van der Waals surface area contributed by atoms with Crippen LogP contribution in [0.25, 0.3) is 0 Å². The smallest absolute Gasteiger partial charge is 0.458 e. The summed E-state index contributed by atoms with van der Waals surface area (Å²) in [5, 5.41) is 4.75. The maximum Gasteiger partial charge on any atom is 0.465 e. The van der Waals surface area contributed by atoms with Crippen molar-refractivity contribution in [2.45, 2.75) is 30.0 Å². The van der Waals surface area contributed by atoms with Crippen molar-refractivity contribution in [1.29, 1.82) is 0 Å². The number of alkyl halides is 2. The van der Waals surface area contributed by atoms with Crippen LogP contribution in [0.2, 0.25) is 0 Å². The third-order valence-electron chi connectivity index (χ3n) is 4.31. The van der Waals surface area contributed by atoms with E-state index in [4.69, 9.17) is 9.29 Å². The molecule has 0 aromatic heterocycles. The summed E-state index contributed by atoms with van der Waals surface area (Å²) >= 11 is 0. The zero-order chi connectivity index (χ0) is 15.7. The SMILES string of the molecule is O=C1OC2C3CC(C(O)C13)C2OC(=O)C(F)(F)S(=O)(=O)O. The topological polar surface area (TPSA) is 127 Å².